The van der Waals surface area contributed by atoms with E-state index in [-0.39, 0.29) is 17.9 Å². The number of H-pyrrole nitrogens is 1. The van der Waals surface area contributed by atoms with Gasteiger partial charge in [0.1, 0.15) is 17.8 Å². The maximum absolute atomic E-state index is 13.0. The SMILES string of the molecule is Cc1cc(C(=O)N(C)C[C@H]2OCC[C@H]2c2ncn[nH]2)c2nccn2c1. The molecule has 0 bridgehead atoms. The van der Waals surface area contributed by atoms with Crippen LogP contribution in [0.4, 0.5) is 0 Å². The van der Waals surface area contributed by atoms with Crippen LogP contribution in [0.1, 0.15) is 34.1 Å². The van der Waals surface area contributed by atoms with Crippen LogP contribution in [0.5, 0.6) is 0 Å². The van der Waals surface area contributed by atoms with Gasteiger partial charge in [-0.15, -0.1) is 0 Å². The monoisotopic (exact) mass is 340 g/mol. The van der Waals surface area contributed by atoms with Crippen LogP contribution in [0, 0.1) is 6.92 Å². The molecule has 1 aliphatic heterocycles. The van der Waals surface area contributed by atoms with Crippen LogP contribution in [-0.4, -0.2) is 61.7 Å². The smallest absolute Gasteiger partial charge is 0.257 e. The van der Waals surface area contributed by atoms with Gasteiger partial charge in [0, 0.05) is 44.7 Å². The highest BCUT2D eigenvalue weighted by atomic mass is 16.5. The summed E-state index contributed by atoms with van der Waals surface area (Å²) >= 11 is 0. The standard InChI is InChI=1S/C17H20N6O2/c1-11-7-13(16-18-4-5-23(16)8-11)17(24)22(2)9-14-12(3-6-25-14)15-19-10-20-21-15/h4-5,7-8,10,12,14H,3,6,9H2,1-2H3,(H,19,20,21)/t12-,14-/m1/s1. The van der Waals surface area contributed by atoms with Gasteiger partial charge in [-0.05, 0) is 25.0 Å². The van der Waals surface area contributed by atoms with E-state index in [1.807, 2.05) is 29.8 Å². The van der Waals surface area contributed by atoms with Gasteiger partial charge in [0.05, 0.1) is 11.7 Å². The number of nitrogens with one attached hydrogen (secondary N) is 1. The highest BCUT2D eigenvalue weighted by Crippen LogP contribution is 2.29. The Labute approximate surface area is 144 Å². The van der Waals surface area contributed by atoms with Gasteiger partial charge in [0.25, 0.3) is 5.91 Å². The molecule has 0 unspecified atom stereocenters. The molecule has 0 saturated carbocycles. The number of fused-ring (bicyclic) bond motifs is 1. The van der Waals surface area contributed by atoms with Crippen LogP contribution < -0.4 is 0 Å². The fourth-order valence-corrected chi connectivity index (χ4v) is 3.43. The quantitative estimate of drug-likeness (QED) is 0.776. The Kier molecular flexibility index (Phi) is 3.96. The van der Waals surface area contributed by atoms with Crippen molar-refractivity contribution in [3.05, 3.63) is 47.9 Å². The second-order valence-electron chi connectivity index (χ2n) is 6.45. The molecule has 1 aliphatic rings. The Hall–Kier alpha value is -2.74. The van der Waals surface area contributed by atoms with Crippen LogP contribution in [0.2, 0.25) is 0 Å². The molecule has 8 nitrogen and oxygen atoms in total. The zero-order valence-corrected chi connectivity index (χ0v) is 14.2. The van der Waals surface area contributed by atoms with Gasteiger partial charge in [-0.3, -0.25) is 9.89 Å². The van der Waals surface area contributed by atoms with E-state index in [1.54, 1.807) is 18.1 Å². The van der Waals surface area contributed by atoms with Gasteiger partial charge in [-0.2, -0.15) is 5.10 Å². The molecule has 8 heteroatoms. The Morgan fingerprint density at radius 3 is 3.16 bits per heavy atom. The average Bonchev–Trinajstić information content (AvgIpc) is 3.33. The van der Waals surface area contributed by atoms with E-state index in [1.165, 1.54) is 6.33 Å². The Balaban J connectivity index is 1.55. The van der Waals surface area contributed by atoms with Crippen molar-refractivity contribution in [1.29, 1.82) is 0 Å². The van der Waals surface area contributed by atoms with E-state index in [4.69, 9.17) is 4.74 Å². The lowest BCUT2D eigenvalue weighted by Crippen LogP contribution is -2.36. The number of pyridine rings is 1. The van der Waals surface area contributed by atoms with E-state index >= 15 is 0 Å². The molecule has 1 saturated heterocycles. The zero-order valence-electron chi connectivity index (χ0n) is 14.2. The molecule has 3 aromatic heterocycles. The maximum atomic E-state index is 13.0. The normalized spacial score (nSPS) is 20.2. The minimum atomic E-state index is -0.0949. The summed E-state index contributed by atoms with van der Waals surface area (Å²) in [7, 11) is 1.79. The number of hydrogen-bond acceptors (Lipinski definition) is 5. The van der Waals surface area contributed by atoms with Gasteiger partial charge >= 0.3 is 0 Å². The van der Waals surface area contributed by atoms with Crippen molar-refractivity contribution < 1.29 is 9.53 Å². The van der Waals surface area contributed by atoms with E-state index in [0.717, 1.165) is 17.8 Å². The predicted octanol–water partition coefficient (Wildman–Crippen LogP) is 1.41. The molecular formula is C17H20N6O2. The van der Waals surface area contributed by atoms with Gasteiger partial charge < -0.3 is 14.0 Å². The van der Waals surface area contributed by atoms with E-state index < -0.39 is 0 Å². The molecule has 0 radical (unpaired) electrons. The summed E-state index contributed by atoms with van der Waals surface area (Å²) < 4.78 is 7.71. The third-order valence-electron chi connectivity index (χ3n) is 4.65. The third kappa shape index (κ3) is 2.89. The first-order chi connectivity index (χ1) is 12.1. The maximum Gasteiger partial charge on any atom is 0.257 e. The number of nitrogens with zero attached hydrogens (tertiary/aromatic N) is 5. The first-order valence-corrected chi connectivity index (χ1v) is 8.29. The molecule has 1 amide bonds. The van der Waals surface area contributed by atoms with E-state index in [0.29, 0.717) is 24.4 Å². The van der Waals surface area contributed by atoms with Crippen molar-refractivity contribution in [1.82, 2.24) is 29.5 Å². The zero-order chi connectivity index (χ0) is 17.4. The predicted molar refractivity (Wildman–Crippen MR) is 90.4 cm³/mol. The summed E-state index contributed by atoms with van der Waals surface area (Å²) in [6.07, 6.45) is 7.78. The lowest BCUT2D eigenvalue weighted by Gasteiger charge is -2.24. The largest absolute Gasteiger partial charge is 0.376 e. The second kappa shape index (κ2) is 6.29. The molecule has 0 aliphatic carbocycles. The fourth-order valence-electron chi connectivity index (χ4n) is 3.43. The van der Waals surface area contributed by atoms with Crippen LogP contribution in [0.25, 0.3) is 5.65 Å². The minimum absolute atomic E-state index is 0.0632. The van der Waals surface area contributed by atoms with Gasteiger partial charge in [-0.25, -0.2) is 9.97 Å². The van der Waals surface area contributed by atoms with Gasteiger partial charge in [0.2, 0.25) is 0 Å². The van der Waals surface area contributed by atoms with Gasteiger partial charge in [-0.1, -0.05) is 0 Å². The number of amides is 1. The first kappa shape index (κ1) is 15.8. The Bertz CT molecular complexity index is 888. The minimum Gasteiger partial charge on any atom is -0.376 e. The number of aryl methyl sites for hydroxylation is 1. The molecule has 1 fully saturated rings. The summed E-state index contributed by atoms with van der Waals surface area (Å²) in [5, 5.41) is 6.83. The number of imidazole rings is 1. The Morgan fingerprint density at radius 1 is 1.48 bits per heavy atom. The van der Waals surface area contributed by atoms with Crippen LogP contribution in [0.3, 0.4) is 0 Å². The number of carbonyl (C=O) groups is 1. The summed E-state index contributed by atoms with van der Waals surface area (Å²) in [5.74, 6) is 0.878. The van der Waals surface area contributed by atoms with Gasteiger partial charge in [0.15, 0.2) is 0 Å². The van der Waals surface area contributed by atoms with Crippen molar-refractivity contribution in [3.63, 3.8) is 0 Å². The number of aromatic amines is 1. The topological polar surface area (TPSA) is 88.4 Å². The molecule has 0 spiro atoms. The van der Waals surface area contributed by atoms with Crippen LogP contribution >= 0.6 is 0 Å². The summed E-state index contributed by atoms with van der Waals surface area (Å²) in [4.78, 5) is 23.2. The van der Waals surface area contributed by atoms with E-state index in [2.05, 4.69) is 20.2 Å². The number of hydrogen-bond donors (Lipinski definition) is 1. The molecule has 1 N–H and O–H groups in total. The highest BCUT2D eigenvalue weighted by molar-refractivity contribution is 5.99. The summed E-state index contributed by atoms with van der Waals surface area (Å²) in [6.45, 7) is 3.12. The number of ether oxygens (including phenoxy) is 1. The lowest BCUT2D eigenvalue weighted by atomic mass is 10.0. The lowest BCUT2D eigenvalue weighted by molar-refractivity contribution is 0.0551. The Morgan fingerprint density at radius 2 is 2.36 bits per heavy atom. The molecule has 0 aromatic carbocycles. The molecular weight excluding hydrogens is 320 g/mol. The number of likely N-dealkylation sites (N-methyl/N-ethyl adjacent to an activating group) is 1. The second-order valence-corrected chi connectivity index (χ2v) is 6.45. The molecule has 3 aromatic rings. The van der Waals surface area contributed by atoms with E-state index in [9.17, 15) is 4.79 Å². The number of aromatic nitrogens is 5. The number of rotatable bonds is 4. The van der Waals surface area contributed by atoms with Crippen LogP contribution in [-0.2, 0) is 4.74 Å². The molecule has 2 atom stereocenters. The van der Waals surface area contributed by atoms with Crippen molar-refractivity contribution in [3.8, 4) is 0 Å². The van der Waals surface area contributed by atoms with Crippen molar-refractivity contribution in [2.75, 3.05) is 20.2 Å². The summed E-state index contributed by atoms with van der Waals surface area (Å²) in [6, 6.07) is 1.88. The molecule has 4 rings (SSSR count). The van der Waals surface area contributed by atoms with Crippen molar-refractivity contribution >= 4 is 11.6 Å². The number of carbonyl (C=O) groups excluding carboxylic acids is 1. The molecule has 25 heavy (non-hydrogen) atoms. The van der Waals surface area contributed by atoms with Crippen molar-refractivity contribution in [2.24, 2.45) is 0 Å². The van der Waals surface area contributed by atoms with Crippen molar-refractivity contribution in [2.45, 2.75) is 25.4 Å². The van der Waals surface area contributed by atoms with Crippen LogP contribution in [0.15, 0.2) is 31.0 Å². The fraction of sp³-hybridized carbons (Fsp3) is 0.412. The molecule has 4 heterocycles. The average molecular weight is 340 g/mol. The molecule has 130 valence electrons. The summed E-state index contributed by atoms with van der Waals surface area (Å²) in [5.41, 5.74) is 2.28. The first-order valence-electron chi connectivity index (χ1n) is 8.29. The highest BCUT2D eigenvalue weighted by Gasteiger charge is 2.33. The third-order valence-corrected chi connectivity index (χ3v) is 4.65.